The predicted molar refractivity (Wildman–Crippen MR) is 77.3 cm³/mol. The summed E-state index contributed by atoms with van der Waals surface area (Å²) in [6.45, 7) is 9.46. The highest BCUT2D eigenvalue weighted by Gasteiger charge is 2.29. The molecule has 0 fully saturated rings. The molecule has 0 aliphatic carbocycles. The van der Waals surface area contributed by atoms with Crippen LogP contribution in [0.5, 0.6) is 0 Å². The van der Waals surface area contributed by atoms with Crippen molar-refractivity contribution in [2.45, 2.75) is 39.2 Å². The first-order chi connectivity index (χ1) is 8.95. The molecular weight excluding hydrogens is 258 g/mol. The molecule has 0 aliphatic heterocycles. The Balaban J connectivity index is 2.46. The van der Waals surface area contributed by atoms with E-state index in [9.17, 15) is 0 Å². The Bertz CT molecular complexity index is 537. The Labute approximate surface area is 118 Å². The van der Waals surface area contributed by atoms with E-state index in [1.165, 1.54) is 11.5 Å². The van der Waals surface area contributed by atoms with Crippen LogP contribution in [0.25, 0.3) is 0 Å². The minimum atomic E-state index is -0.0127. The van der Waals surface area contributed by atoms with Gasteiger partial charge in [0.1, 0.15) is 11.9 Å². The van der Waals surface area contributed by atoms with Crippen molar-refractivity contribution >= 4 is 11.5 Å². The van der Waals surface area contributed by atoms with Crippen LogP contribution in [-0.4, -0.2) is 25.7 Å². The van der Waals surface area contributed by atoms with Crippen LogP contribution < -0.4 is 5.32 Å². The molecule has 104 valence electrons. The number of hydrogen-bond donors (Lipinski definition) is 1. The van der Waals surface area contributed by atoms with Crippen molar-refractivity contribution in [3.05, 3.63) is 28.8 Å². The van der Waals surface area contributed by atoms with Crippen LogP contribution in [0.1, 0.15) is 50.1 Å². The van der Waals surface area contributed by atoms with Crippen molar-refractivity contribution in [3.8, 4) is 0 Å². The van der Waals surface area contributed by atoms with E-state index < -0.39 is 0 Å². The summed E-state index contributed by atoms with van der Waals surface area (Å²) in [5, 5.41) is 7.81. The third-order valence-corrected chi connectivity index (χ3v) is 3.80. The molecule has 2 heterocycles. The number of aromatic nitrogens is 4. The van der Waals surface area contributed by atoms with Gasteiger partial charge in [-0.1, -0.05) is 32.2 Å². The van der Waals surface area contributed by atoms with Gasteiger partial charge in [-0.2, -0.15) is 0 Å². The van der Waals surface area contributed by atoms with Gasteiger partial charge in [0.15, 0.2) is 0 Å². The summed E-state index contributed by atoms with van der Waals surface area (Å²) in [6.07, 6.45) is 3.79. The molecular formula is C13H21N5S. The topological polar surface area (TPSA) is 55.6 Å². The average Bonchev–Trinajstić information content (AvgIpc) is 2.93. The van der Waals surface area contributed by atoms with Crippen LogP contribution in [0.15, 0.2) is 12.4 Å². The van der Waals surface area contributed by atoms with Gasteiger partial charge in [0.2, 0.25) is 0 Å². The Morgan fingerprint density at radius 2 is 2.16 bits per heavy atom. The molecule has 0 radical (unpaired) electrons. The molecule has 1 unspecified atom stereocenters. The van der Waals surface area contributed by atoms with E-state index in [0.29, 0.717) is 0 Å². The molecule has 1 N–H and O–H groups in total. The zero-order chi connectivity index (χ0) is 14.0. The maximum Gasteiger partial charge on any atom is 0.131 e. The molecule has 0 amide bonds. The van der Waals surface area contributed by atoms with Gasteiger partial charge in [-0.05, 0) is 18.1 Å². The lowest BCUT2D eigenvalue weighted by Gasteiger charge is -2.22. The van der Waals surface area contributed by atoms with Gasteiger partial charge in [-0.15, -0.1) is 5.10 Å². The largest absolute Gasteiger partial charge is 0.336 e. The monoisotopic (exact) mass is 279 g/mol. The zero-order valence-electron chi connectivity index (χ0n) is 12.1. The normalized spacial score (nSPS) is 13.7. The number of nitrogens with one attached hydrogen (secondary N) is 1. The van der Waals surface area contributed by atoms with Crippen molar-refractivity contribution in [1.29, 1.82) is 0 Å². The smallest absolute Gasteiger partial charge is 0.131 e. The summed E-state index contributed by atoms with van der Waals surface area (Å²) in [4.78, 5) is 5.62. The van der Waals surface area contributed by atoms with E-state index in [1.807, 2.05) is 24.0 Å². The van der Waals surface area contributed by atoms with Crippen molar-refractivity contribution in [1.82, 2.24) is 24.5 Å². The van der Waals surface area contributed by atoms with Gasteiger partial charge in [0.05, 0.1) is 10.6 Å². The van der Waals surface area contributed by atoms with Gasteiger partial charge in [0.25, 0.3) is 0 Å². The van der Waals surface area contributed by atoms with Crippen molar-refractivity contribution in [2.75, 3.05) is 6.54 Å². The molecule has 0 aromatic carbocycles. The van der Waals surface area contributed by atoms with E-state index in [2.05, 4.69) is 47.6 Å². The minimum absolute atomic E-state index is 0.0127. The molecule has 5 nitrogen and oxygen atoms in total. The predicted octanol–water partition coefficient (Wildman–Crippen LogP) is 2.27. The summed E-state index contributed by atoms with van der Waals surface area (Å²) in [5.41, 5.74) is 1.03. The van der Waals surface area contributed by atoms with Crippen LogP contribution in [-0.2, 0) is 12.5 Å². The lowest BCUT2D eigenvalue weighted by atomic mass is 9.90. The highest BCUT2D eigenvalue weighted by molar-refractivity contribution is 7.05. The zero-order valence-corrected chi connectivity index (χ0v) is 13.0. The van der Waals surface area contributed by atoms with Crippen LogP contribution >= 0.6 is 11.5 Å². The highest BCUT2D eigenvalue weighted by Crippen LogP contribution is 2.32. The van der Waals surface area contributed by atoms with E-state index in [0.717, 1.165) is 22.9 Å². The Morgan fingerprint density at radius 1 is 1.42 bits per heavy atom. The van der Waals surface area contributed by atoms with Crippen LogP contribution in [0.3, 0.4) is 0 Å². The first-order valence-electron chi connectivity index (χ1n) is 6.48. The summed E-state index contributed by atoms with van der Waals surface area (Å²) >= 11 is 1.45. The molecule has 0 saturated heterocycles. The van der Waals surface area contributed by atoms with E-state index in [-0.39, 0.29) is 11.5 Å². The summed E-state index contributed by atoms with van der Waals surface area (Å²) < 4.78 is 6.19. The fourth-order valence-corrected chi connectivity index (χ4v) is 3.01. The van der Waals surface area contributed by atoms with Gasteiger partial charge in [0, 0.05) is 24.9 Å². The quantitative estimate of drug-likeness (QED) is 0.933. The van der Waals surface area contributed by atoms with E-state index in [1.54, 1.807) is 0 Å². The number of hydrogen-bond acceptors (Lipinski definition) is 5. The van der Waals surface area contributed by atoms with E-state index in [4.69, 9.17) is 0 Å². The average molecular weight is 279 g/mol. The lowest BCUT2D eigenvalue weighted by Crippen LogP contribution is -2.27. The van der Waals surface area contributed by atoms with Crippen molar-refractivity contribution < 1.29 is 0 Å². The molecule has 0 aliphatic rings. The molecule has 6 heteroatoms. The third kappa shape index (κ3) is 2.84. The number of nitrogens with zero attached hydrogens (tertiary/aromatic N) is 4. The standard InChI is InChI=1S/C13H21N5S/c1-6-14-9(12-15-7-8-18(12)5)10-11(13(2,3)4)16-17-19-10/h7-9,14H,6H2,1-5H3. The maximum atomic E-state index is 4.47. The number of aryl methyl sites for hydroxylation is 1. The molecule has 2 rings (SSSR count). The molecule has 2 aromatic rings. The van der Waals surface area contributed by atoms with Crippen LogP contribution in [0.4, 0.5) is 0 Å². The SMILES string of the molecule is CCNC(c1snnc1C(C)(C)C)c1nccn1C. The van der Waals surface area contributed by atoms with Gasteiger partial charge in [-0.25, -0.2) is 4.98 Å². The van der Waals surface area contributed by atoms with E-state index >= 15 is 0 Å². The second-order valence-corrected chi connectivity index (χ2v) is 6.41. The fourth-order valence-electron chi connectivity index (χ4n) is 2.07. The van der Waals surface area contributed by atoms with Crippen LogP contribution in [0.2, 0.25) is 0 Å². The van der Waals surface area contributed by atoms with Gasteiger partial charge < -0.3 is 9.88 Å². The summed E-state index contributed by atoms with van der Waals surface area (Å²) in [6, 6.07) is 0.0548. The van der Waals surface area contributed by atoms with Crippen molar-refractivity contribution in [2.24, 2.45) is 7.05 Å². The maximum absolute atomic E-state index is 4.47. The van der Waals surface area contributed by atoms with Gasteiger partial charge in [-0.3, -0.25) is 0 Å². The highest BCUT2D eigenvalue weighted by atomic mass is 32.1. The Hall–Kier alpha value is -1.27. The molecule has 1 atom stereocenters. The first kappa shape index (κ1) is 14.1. The molecule has 0 spiro atoms. The summed E-state index contributed by atoms with van der Waals surface area (Å²) in [5.74, 6) is 0.999. The molecule has 0 bridgehead atoms. The molecule has 0 saturated carbocycles. The second-order valence-electron chi connectivity index (χ2n) is 5.62. The van der Waals surface area contributed by atoms with Gasteiger partial charge >= 0.3 is 0 Å². The number of imidazole rings is 1. The fraction of sp³-hybridized carbons (Fsp3) is 0.615. The third-order valence-electron chi connectivity index (χ3n) is 3.01. The number of rotatable bonds is 4. The molecule has 19 heavy (non-hydrogen) atoms. The Morgan fingerprint density at radius 3 is 2.68 bits per heavy atom. The lowest BCUT2D eigenvalue weighted by molar-refractivity contribution is 0.530. The minimum Gasteiger partial charge on any atom is -0.336 e. The van der Waals surface area contributed by atoms with Crippen LogP contribution in [0, 0.1) is 0 Å². The molecule has 2 aromatic heterocycles. The van der Waals surface area contributed by atoms with Crippen molar-refractivity contribution in [3.63, 3.8) is 0 Å². The Kier molecular flexibility index (Phi) is 4.01. The summed E-state index contributed by atoms with van der Waals surface area (Å²) in [7, 11) is 2.01. The second kappa shape index (κ2) is 5.38. The first-order valence-corrected chi connectivity index (χ1v) is 7.25.